The summed E-state index contributed by atoms with van der Waals surface area (Å²) in [6.07, 6.45) is 7.38. The zero-order valence-corrected chi connectivity index (χ0v) is 12.5. The monoisotopic (exact) mass is 279 g/mol. The van der Waals surface area contributed by atoms with Crippen molar-refractivity contribution in [3.8, 4) is 5.88 Å². The van der Waals surface area contributed by atoms with E-state index in [9.17, 15) is 0 Å². The zero-order chi connectivity index (χ0) is 14.2. The van der Waals surface area contributed by atoms with E-state index in [2.05, 4.69) is 22.2 Å². The lowest BCUT2D eigenvalue weighted by molar-refractivity contribution is -0.00757. The molecule has 5 nitrogen and oxygen atoms in total. The molecule has 0 spiro atoms. The van der Waals surface area contributed by atoms with E-state index in [0.717, 1.165) is 38.1 Å². The van der Waals surface area contributed by atoms with E-state index in [0.29, 0.717) is 11.9 Å². The minimum absolute atomic E-state index is 0.288. The highest BCUT2D eigenvalue weighted by Crippen LogP contribution is 2.19. The summed E-state index contributed by atoms with van der Waals surface area (Å²) in [4.78, 5) is 8.40. The second kappa shape index (κ2) is 8.17. The van der Waals surface area contributed by atoms with Gasteiger partial charge in [0.2, 0.25) is 5.88 Å². The van der Waals surface area contributed by atoms with Gasteiger partial charge in [0.05, 0.1) is 13.2 Å². The first-order valence-corrected chi connectivity index (χ1v) is 7.53. The molecule has 2 rings (SSSR count). The molecule has 1 fully saturated rings. The molecule has 0 amide bonds. The van der Waals surface area contributed by atoms with E-state index >= 15 is 0 Å². The Bertz CT molecular complexity index is 394. The summed E-state index contributed by atoms with van der Waals surface area (Å²) in [5.74, 6) is 0.619. The molecule has 2 atom stereocenters. The van der Waals surface area contributed by atoms with Gasteiger partial charge in [0.15, 0.2) is 0 Å². The molecule has 0 radical (unpaired) electrons. The van der Waals surface area contributed by atoms with Gasteiger partial charge in [0, 0.05) is 30.8 Å². The minimum atomic E-state index is 0.288. The molecule has 112 valence electrons. The van der Waals surface area contributed by atoms with Gasteiger partial charge in [0.25, 0.3) is 0 Å². The molecule has 2 unspecified atom stereocenters. The maximum absolute atomic E-state index is 5.93. The van der Waals surface area contributed by atoms with Gasteiger partial charge in [-0.05, 0) is 32.2 Å². The SMILES string of the molecule is CCCNC(Cc1cc(OC)ncn1)C1CCCCO1. The van der Waals surface area contributed by atoms with Gasteiger partial charge in [-0.2, -0.15) is 0 Å². The lowest BCUT2D eigenvalue weighted by atomic mass is 9.98. The topological polar surface area (TPSA) is 56.3 Å². The van der Waals surface area contributed by atoms with Crippen molar-refractivity contribution in [3.63, 3.8) is 0 Å². The normalized spacial score (nSPS) is 20.6. The standard InChI is InChI=1S/C15H25N3O2/c1-3-7-16-13(14-6-4-5-8-20-14)9-12-10-15(19-2)18-11-17-12/h10-11,13-14,16H,3-9H2,1-2H3. The number of hydrogen-bond acceptors (Lipinski definition) is 5. The molecule has 0 aliphatic carbocycles. The van der Waals surface area contributed by atoms with Crippen LogP contribution in [-0.4, -0.2) is 42.4 Å². The summed E-state index contributed by atoms with van der Waals surface area (Å²) in [6, 6.07) is 2.22. The third-order valence-electron chi connectivity index (χ3n) is 3.66. The van der Waals surface area contributed by atoms with E-state index in [1.165, 1.54) is 12.8 Å². The predicted octanol–water partition coefficient (Wildman–Crippen LogP) is 1.96. The van der Waals surface area contributed by atoms with Crippen molar-refractivity contribution in [1.82, 2.24) is 15.3 Å². The highest BCUT2D eigenvalue weighted by molar-refractivity contribution is 5.14. The van der Waals surface area contributed by atoms with Gasteiger partial charge in [-0.25, -0.2) is 9.97 Å². The number of ether oxygens (including phenoxy) is 2. The summed E-state index contributed by atoms with van der Waals surface area (Å²) in [5, 5.41) is 3.60. The first-order chi connectivity index (χ1) is 9.83. The van der Waals surface area contributed by atoms with Crippen LogP contribution in [0.4, 0.5) is 0 Å². The molecule has 1 N–H and O–H groups in total. The fraction of sp³-hybridized carbons (Fsp3) is 0.733. The molecule has 0 saturated carbocycles. The maximum atomic E-state index is 5.93. The third kappa shape index (κ3) is 4.42. The van der Waals surface area contributed by atoms with Gasteiger partial charge in [0.1, 0.15) is 6.33 Å². The Kier molecular flexibility index (Phi) is 6.21. The van der Waals surface area contributed by atoms with Crippen LogP contribution in [0.3, 0.4) is 0 Å². The van der Waals surface area contributed by atoms with Crippen LogP contribution in [0.2, 0.25) is 0 Å². The van der Waals surface area contributed by atoms with Crippen LogP contribution in [-0.2, 0) is 11.2 Å². The Morgan fingerprint density at radius 1 is 1.45 bits per heavy atom. The number of hydrogen-bond donors (Lipinski definition) is 1. The van der Waals surface area contributed by atoms with Crippen LogP contribution in [0, 0.1) is 0 Å². The molecule has 20 heavy (non-hydrogen) atoms. The number of nitrogens with zero attached hydrogens (tertiary/aromatic N) is 2. The Morgan fingerprint density at radius 2 is 2.35 bits per heavy atom. The van der Waals surface area contributed by atoms with Crippen molar-refractivity contribution in [3.05, 3.63) is 18.1 Å². The number of methoxy groups -OCH3 is 1. The van der Waals surface area contributed by atoms with Crippen LogP contribution in [0.5, 0.6) is 5.88 Å². The molecule has 2 heterocycles. The summed E-state index contributed by atoms with van der Waals surface area (Å²) >= 11 is 0. The largest absolute Gasteiger partial charge is 0.481 e. The second-order valence-electron chi connectivity index (χ2n) is 5.22. The Labute approximate surface area is 121 Å². The van der Waals surface area contributed by atoms with Crippen molar-refractivity contribution in [2.24, 2.45) is 0 Å². The summed E-state index contributed by atoms with van der Waals surface area (Å²) in [6.45, 7) is 4.06. The van der Waals surface area contributed by atoms with Crippen LogP contribution in [0.25, 0.3) is 0 Å². The minimum Gasteiger partial charge on any atom is -0.481 e. The lowest BCUT2D eigenvalue weighted by Gasteiger charge is -2.31. The third-order valence-corrected chi connectivity index (χ3v) is 3.66. The van der Waals surface area contributed by atoms with E-state index < -0.39 is 0 Å². The van der Waals surface area contributed by atoms with Crippen LogP contribution < -0.4 is 10.1 Å². The van der Waals surface area contributed by atoms with Crippen molar-refractivity contribution in [2.75, 3.05) is 20.3 Å². The number of rotatable bonds is 7. The molecule has 1 saturated heterocycles. The molecule has 1 aliphatic rings. The molecule has 1 aliphatic heterocycles. The molecular weight excluding hydrogens is 254 g/mol. The van der Waals surface area contributed by atoms with E-state index in [4.69, 9.17) is 9.47 Å². The molecule has 0 aromatic carbocycles. The van der Waals surface area contributed by atoms with E-state index in [-0.39, 0.29) is 6.10 Å². The first-order valence-electron chi connectivity index (χ1n) is 7.53. The van der Waals surface area contributed by atoms with Crippen LogP contribution in [0.1, 0.15) is 38.3 Å². The molecule has 0 bridgehead atoms. The summed E-state index contributed by atoms with van der Waals surface area (Å²) in [5.41, 5.74) is 1.000. The van der Waals surface area contributed by atoms with Gasteiger partial charge in [-0.3, -0.25) is 0 Å². The van der Waals surface area contributed by atoms with Crippen LogP contribution >= 0.6 is 0 Å². The Hall–Kier alpha value is -1.20. The average Bonchev–Trinajstić information content (AvgIpc) is 2.52. The highest BCUT2D eigenvalue weighted by Gasteiger charge is 2.24. The molecule has 5 heteroatoms. The van der Waals surface area contributed by atoms with Gasteiger partial charge >= 0.3 is 0 Å². The number of nitrogens with one attached hydrogen (secondary N) is 1. The van der Waals surface area contributed by atoms with Gasteiger partial charge < -0.3 is 14.8 Å². The fourth-order valence-corrected chi connectivity index (χ4v) is 2.57. The fourth-order valence-electron chi connectivity index (χ4n) is 2.57. The van der Waals surface area contributed by atoms with Crippen molar-refractivity contribution in [1.29, 1.82) is 0 Å². The Balaban J connectivity index is 2.01. The quantitative estimate of drug-likeness (QED) is 0.827. The summed E-state index contributed by atoms with van der Waals surface area (Å²) in [7, 11) is 1.63. The molecule has 1 aromatic heterocycles. The van der Waals surface area contributed by atoms with Crippen molar-refractivity contribution >= 4 is 0 Å². The van der Waals surface area contributed by atoms with E-state index in [1.807, 2.05) is 6.07 Å². The smallest absolute Gasteiger partial charge is 0.216 e. The second-order valence-corrected chi connectivity index (χ2v) is 5.22. The van der Waals surface area contributed by atoms with Gasteiger partial charge in [-0.1, -0.05) is 6.92 Å². The zero-order valence-electron chi connectivity index (χ0n) is 12.5. The molecular formula is C15H25N3O2. The van der Waals surface area contributed by atoms with Crippen molar-refractivity contribution < 1.29 is 9.47 Å². The maximum Gasteiger partial charge on any atom is 0.216 e. The lowest BCUT2D eigenvalue weighted by Crippen LogP contribution is -2.45. The first kappa shape index (κ1) is 15.2. The summed E-state index contributed by atoms with van der Waals surface area (Å²) < 4.78 is 11.1. The highest BCUT2D eigenvalue weighted by atomic mass is 16.5. The van der Waals surface area contributed by atoms with Crippen LogP contribution in [0.15, 0.2) is 12.4 Å². The Morgan fingerprint density at radius 3 is 3.05 bits per heavy atom. The van der Waals surface area contributed by atoms with E-state index in [1.54, 1.807) is 13.4 Å². The average molecular weight is 279 g/mol. The number of aromatic nitrogens is 2. The molecule has 1 aromatic rings. The predicted molar refractivity (Wildman–Crippen MR) is 78.0 cm³/mol. The van der Waals surface area contributed by atoms with Gasteiger partial charge in [-0.15, -0.1) is 0 Å². The van der Waals surface area contributed by atoms with Crippen molar-refractivity contribution in [2.45, 2.75) is 51.2 Å².